The van der Waals surface area contributed by atoms with Gasteiger partial charge in [-0.1, -0.05) is 6.92 Å². The molecule has 0 fully saturated rings. The molecule has 2 aromatic heterocycles. The number of nitrogens with one attached hydrogen (secondary N) is 1. The van der Waals surface area contributed by atoms with Crippen molar-refractivity contribution in [2.75, 3.05) is 6.61 Å². The summed E-state index contributed by atoms with van der Waals surface area (Å²) in [5.41, 5.74) is 1.31. The van der Waals surface area contributed by atoms with Crippen LogP contribution < -0.4 is 5.32 Å². The molecule has 108 valence electrons. The van der Waals surface area contributed by atoms with E-state index in [0.29, 0.717) is 6.42 Å². The molecule has 0 saturated carbocycles. The Morgan fingerprint density at radius 3 is 2.90 bits per heavy atom. The van der Waals surface area contributed by atoms with Crippen molar-refractivity contribution in [1.82, 2.24) is 10.3 Å². The van der Waals surface area contributed by atoms with Gasteiger partial charge in [0.2, 0.25) is 5.91 Å². The van der Waals surface area contributed by atoms with E-state index in [1.54, 1.807) is 22.7 Å². The number of carbonyl (C=O) groups is 1. The van der Waals surface area contributed by atoms with Gasteiger partial charge in [0.1, 0.15) is 5.01 Å². The highest BCUT2D eigenvalue weighted by Gasteiger charge is 2.23. The van der Waals surface area contributed by atoms with Crippen molar-refractivity contribution in [2.45, 2.75) is 32.2 Å². The molecule has 0 aromatic carbocycles. The summed E-state index contributed by atoms with van der Waals surface area (Å²) in [5.74, 6) is -0.106. The molecular formula is C14H18N2O2S2. The fourth-order valence-corrected chi connectivity index (χ4v) is 3.22. The molecule has 2 N–H and O–H groups in total. The van der Waals surface area contributed by atoms with Crippen molar-refractivity contribution in [3.05, 3.63) is 27.9 Å². The zero-order chi connectivity index (χ0) is 14.6. The Morgan fingerprint density at radius 1 is 1.50 bits per heavy atom. The molecule has 0 bridgehead atoms. The number of thiophene rings is 1. The largest absolute Gasteiger partial charge is 0.394 e. The van der Waals surface area contributed by atoms with Crippen LogP contribution in [-0.2, 0) is 11.2 Å². The Labute approximate surface area is 126 Å². The van der Waals surface area contributed by atoms with Crippen LogP contribution in [0.4, 0.5) is 0 Å². The van der Waals surface area contributed by atoms with E-state index in [1.165, 1.54) is 0 Å². The molecule has 2 aromatic rings. The van der Waals surface area contributed by atoms with Crippen LogP contribution in [0.25, 0.3) is 10.6 Å². The first-order valence-electron chi connectivity index (χ1n) is 6.45. The number of rotatable bonds is 6. The SMILES string of the molecule is CCC(C)(CO)NC(=O)Cc1csc(-c2ccsc2)n1. The van der Waals surface area contributed by atoms with E-state index in [-0.39, 0.29) is 18.9 Å². The third-order valence-corrected chi connectivity index (χ3v) is 4.86. The van der Waals surface area contributed by atoms with Crippen molar-refractivity contribution in [2.24, 2.45) is 0 Å². The van der Waals surface area contributed by atoms with Crippen LogP contribution in [0, 0.1) is 0 Å². The summed E-state index contributed by atoms with van der Waals surface area (Å²) in [6, 6.07) is 2.02. The minimum Gasteiger partial charge on any atom is -0.394 e. The Balaban J connectivity index is 1.99. The molecule has 20 heavy (non-hydrogen) atoms. The Kier molecular flexibility index (Phi) is 4.91. The standard InChI is InChI=1S/C14H18N2O2S2/c1-3-14(2,9-17)16-12(18)6-11-8-20-13(15-11)10-4-5-19-7-10/h4-5,7-8,17H,3,6,9H2,1-2H3,(H,16,18). The molecule has 0 aliphatic carbocycles. The second kappa shape index (κ2) is 6.47. The van der Waals surface area contributed by atoms with Crippen LogP contribution in [0.15, 0.2) is 22.2 Å². The van der Waals surface area contributed by atoms with E-state index in [1.807, 2.05) is 36.1 Å². The van der Waals surface area contributed by atoms with Gasteiger partial charge < -0.3 is 10.4 Å². The molecule has 4 nitrogen and oxygen atoms in total. The maximum atomic E-state index is 12.0. The number of aliphatic hydroxyl groups excluding tert-OH is 1. The van der Waals surface area contributed by atoms with Crippen LogP contribution in [0.2, 0.25) is 0 Å². The molecule has 0 aliphatic rings. The molecule has 2 heterocycles. The fourth-order valence-electron chi connectivity index (χ4n) is 1.69. The van der Waals surface area contributed by atoms with Gasteiger partial charge in [-0.2, -0.15) is 11.3 Å². The molecule has 0 saturated heterocycles. The van der Waals surface area contributed by atoms with Crippen molar-refractivity contribution in [1.29, 1.82) is 0 Å². The van der Waals surface area contributed by atoms with E-state index >= 15 is 0 Å². The van der Waals surface area contributed by atoms with Crippen LogP contribution in [-0.4, -0.2) is 28.1 Å². The number of aromatic nitrogens is 1. The third kappa shape index (κ3) is 3.65. The maximum Gasteiger partial charge on any atom is 0.226 e. The molecule has 2 rings (SSSR count). The lowest BCUT2D eigenvalue weighted by molar-refractivity contribution is -0.122. The number of hydrogen-bond acceptors (Lipinski definition) is 5. The van der Waals surface area contributed by atoms with Crippen LogP contribution in [0.1, 0.15) is 26.0 Å². The second-order valence-electron chi connectivity index (χ2n) is 4.95. The van der Waals surface area contributed by atoms with Gasteiger partial charge in [-0.3, -0.25) is 4.79 Å². The summed E-state index contributed by atoms with van der Waals surface area (Å²) < 4.78 is 0. The summed E-state index contributed by atoms with van der Waals surface area (Å²) in [5, 5.41) is 19.1. The average Bonchev–Trinajstić information content (AvgIpc) is 3.08. The lowest BCUT2D eigenvalue weighted by Crippen LogP contribution is -2.48. The minimum absolute atomic E-state index is 0.0630. The predicted octanol–water partition coefficient (Wildman–Crippen LogP) is 2.69. The van der Waals surface area contributed by atoms with Crippen molar-refractivity contribution >= 4 is 28.6 Å². The third-order valence-electron chi connectivity index (χ3n) is 3.23. The molecular weight excluding hydrogens is 292 g/mol. The smallest absolute Gasteiger partial charge is 0.226 e. The number of amides is 1. The Morgan fingerprint density at radius 2 is 2.30 bits per heavy atom. The summed E-state index contributed by atoms with van der Waals surface area (Å²) in [6.45, 7) is 3.71. The molecule has 0 spiro atoms. The Bertz CT molecular complexity index is 560. The van der Waals surface area contributed by atoms with Crippen molar-refractivity contribution in [3.8, 4) is 10.6 Å². The molecule has 1 atom stereocenters. The average molecular weight is 310 g/mol. The van der Waals surface area contributed by atoms with Gasteiger partial charge in [-0.15, -0.1) is 11.3 Å². The van der Waals surface area contributed by atoms with Gasteiger partial charge in [0.25, 0.3) is 0 Å². The van der Waals surface area contributed by atoms with E-state index in [0.717, 1.165) is 16.3 Å². The van der Waals surface area contributed by atoms with Crippen LogP contribution >= 0.6 is 22.7 Å². The zero-order valence-electron chi connectivity index (χ0n) is 11.5. The number of aliphatic hydroxyl groups is 1. The molecule has 0 radical (unpaired) electrons. The summed E-state index contributed by atoms with van der Waals surface area (Å²) in [4.78, 5) is 16.5. The van der Waals surface area contributed by atoms with E-state index < -0.39 is 5.54 Å². The van der Waals surface area contributed by atoms with Crippen molar-refractivity contribution in [3.63, 3.8) is 0 Å². The molecule has 6 heteroatoms. The lowest BCUT2D eigenvalue weighted by atomic mass is 10.00. The highest BCUT2D eigenvalue weighted by molar-refractivity contribution is 7.14. The van der Waals surface area contributed by atoms with E-state index in [2.05, 4.69) is 10.3 Å². The van der Waals surface area contributed by atoms with Gasteiger partial charge >= 0.3 is 0 Å². The lowest BCUT2D eigenvalue weighted by Gasteiger charge is -2.27. The number of nitrogens with zero attached hydrogens (tertiary/aromatic N) is 1. The van der Waals surface area contributed by atoms with Crippen molar-refractivity contribution < 1.29 is 9.90 Å². The molecule has 0 aliphatic heterocycles. The first-order valence-corrected chi connectivity index (χ1v) is 8.27. The van der Waals surface area contributed by atoms with Gasteiger partial charge in [0.15, 0.2) is 0 Å². The first kappa shape index (κ1) is 15.2. The van der Waals surface area contributed by atoms with Gasteiger partial charge in [0.05, 0.1) is 24.3 Å². The molecule has 1 unspecified atom stereocenters. The number of hydrogen-bond donors (Lipinski definition) is 2. The van der Waals surface area contributed by atoms with E-state index in [4.69, 9.17) is 0 Å². The van der Waals surface area contributed by atoms with E-state index in [9.17, 15) is 9.90 Å². The first-order chi connectivity index (χ1) is 9.56. The summed E-state index contributed by atoms with van der Waals surface area (Å²) in [6.07, 6.45) is 0.933. The van der Waals surface area contributed by atoms with Gasteiger partial charge in [0, 0.05) is 16.3 Å². The highest BCUT2D eigenvalue weighted by atomic mass is 32.1. The maximum absolute atomic E-state index is 12.0. The van der Waals surface area contributed by atoms with Gasteiger partial charge in [-0.25, -0.2) is 4.98 Å². The summed E-state index contributed by atoms with van der Waals surface area (Å²) >= 11 is 3.18. The monoisotopic (exact) mass is 310 g/mol. The second-order valence-corrected chi connectivity index (χ2v) is 6.59. The number of carbonyl (C=O) groups excluding carboxylic acids is 1. The minimum atomic E-state index is -0.552. The highest BCUT2D eigenvalue weighted by Crippen LogP contribution is 2.25. The summed E-state index contributed by atoms with van der Waals surface area (Å²) in [7, 11) is 0. The quantitative estimate of drug-likeness (QED) is 0.862. The topological polar surface area (TPSA) is 62.2 Å². The predicted molar refractivity (Wildman–Crippen MR) is 83.1 cm³/mol. The number of thiazole rings is 1. The normalized spacial score (nSPS) is 13.9. The zero-order valence-corrected chi connectivity index (χ0v) is 13.2. The van der Waals surface area contributed by atoms with Gasteiger partial charge in [-0.05, 0) is 24.8 Å². The Hall–Kier alpha value is -1.24. The molecule has 1 amide bonds. The fraction of sp³-hybridized carbons (Fsp3) is 0.429. The van der Waals surface area contributed by atoms with Crippen LogP contribution in [0.5, 0.6) is 0 Å². The van der Waals surface area contributed by atoms with Crippen LogP contribution in [0.3, 0.4) is 0 Å².